The van der Waals surface area contributed by atoms with Crippen LogP contribution in [0, 0.1) is 10.1 Å². The number of benzene rings is 1. The molecule has 4 N–H and O–H groups in total. The molecule has 0 saturated carbocycles. The van der Waals surface area contributed by atoms with Crippen LogP contribution in [0.25, 0.3) is 0 Å². The molecule has 0 amide bonds. The van der Waals surface area contributed by atoms with E-state index in [1.165, 1.54) is 6.33 Å². The molecule has 8 nitrogen and oxygen atoms in total. The molecule has 0 atom stereocenters. The minimum atomic E-state index is -0.587. The molecular formula is C11H12N6O2S. The maximum Gasteiger partial charge on any atom is 0.354 e. The van der Waals surface area contributed by atoms with Crippen LogP contribution >= 0.6 is 11.8 Å². The van der Waals surface area contributed by atoms with Crippen LogP contribution in [0.5, 0.6) is 0 Å². The maximum atomic E-state index is 11.1. The van der Waals surface area contributed by atoms with E-state index in [1.54, 1.807) is 17.8 Å². The van der Waals surface area contributed by atoms with E-state index in [-0.39, 0.29) is 17.3 Å². The molecule has 9 heteroatoms. The largest absolute Gasteiger partial charge is 0.354 e. The van der Waals surface area contributed by atoms with Crippen LogP contribution in [0.1, 0.15) is 0 Å². The normalized spacial score (nSPS) is 10.1. The summed E-state index contributed by atoms with van der Waals surface area (Å²) in [6.07, 6.45) is 3.14. The van der Waals surface area contributed by atoms with E-state index in [2.05, 4.69) is 20.7 Å². The number of aromatic nitrogens is 2. The molecule has 2 rings (SSSR count). The van der Waals surface area contributed by atoms with Gasteiger partial charge in [0.2, 0.25) is 11.6 Å². The van der Waals surface area contributed by atoms with Gasteiger partial charge in [-0.3, -0.25) is 10.1 Å². The van der Waals surface area contributed by atoms with E-state index in [1.807, 2.05) is 24.5 Å². The molecule has 1 aromatic heterocycles. The number of hydrogen-bond donors (Lipinski definition) is 3. The van der Waals surface area contributed by atoms with E-state index in [9.17, 15) is 10.1 Å². The van der Waals surface area contributed by atoms with Gasteiger partial charge < -0.3 is 10.7 Å². The number of nitrogens with zero attached hydrogens (tertiary/aromatic N) is 3. The van der Waals surface area contributed by atoms with Gasteiger partial charge in [0.1, 0.15) is 6.33 Å². The molecule has 104 valence electrons. The van der Waals surface area contributed by atoms with Crippen molar-refractivity contribution in [3.8, 4) is 0 Å². The molecule has 20 heavy (non-hydrogen) atoms. The number of nitrogens with two attached hydrogens (primary N) is 1. The van der Waals surface area contributed by atoms with Crippen LogP contribution in [0.2, 0.25) is 0 Å². The van der Waals surface area contributed by atoms with E-state index in [0.717, 1.165) is 4.90 Å². The first kappa shape index (κ1) is 14.0. The van der Waals surface area contributed by atoms with E-state index in [0.29, 0.717) is 5.69 Å². The standard InChI is InChI=1S/C11H12N6O2S/c1-20-8-4-2-3-7(5-8)15-10-9(17(18)19)11(16-12)14-6-13-10/h2-6H,12H2,1H3,(H2,13,14,15,16). The van der Waals surface area contributed by atoms with Crippen LogP contribution in [-0.2, 0) is 0 Å². The van der Waals surface area contributed by atoms with Crippen molar-refractivity contribution in [2.24, 2.45) is 5.84 Å². The molecule has 0 aliphatic rings. The van der Waals surface area contributed by atoms with Crippen LogP contribution in [0.4, 0.5) is 23.0 Å². The molecule has 0 spiro atoms. The van der Waals surface area contributed by atoms with Crippen LogP contribution < -0.4 is 16.6 Å². The highest BCUT2D eigenvalue weighted by molar-refractivity contribution is 7.98. The Balaban J connectivity index is 2.40. The third-order valence-electron chi connectivity index (χ3n) is 2.47. The zero-order valence-corrected chi connectivity index (χ0v) is 11.3. The van der Waals surface area contributed by atoms with Gasteiger partial charge >= 0.3 is 5.69 Å². The fourth-order valence-corrected chi connectivity index (χ4v) is 2.05. The van der Waals surface area contributed by atoms with Crippen molar-refractivity contribution in [1.82, 2.24) is 9.97 Å². The van der Waals surface area contributed by atoms with E-state index < -0.39 is 4.92 Å². The number of nitrogen functional groups attached to an aromatic ring is 1. The van der Waals surface area contributed by atoms with Gasteiger partial charge in [0.05, 0.1) is 4.92 Å². The lowest BCUT2D eigenvalue weighted by Gasteiger charge is -2.08. The predicted octanol–water partition coefficient (Wildman–Crippen LogP) is 2.14. The molecule has 1 aromatic carbocycles. The highest BCUT2D eigenvalue weighted by Gasteiger charge is 2.22. The molecule has 2 aromatic rings. The first-order valence-corrected chi connectivity index (χ1v) is 6.75. The first-order chi connectivity index (χ1) is 9.65. The number of nitro groups is 1. The zero-order chi connectivity index (χ0) is 14.5. The number of thioether (sulfide) groups is 1. The van der Waals surface area contributed by atoms with Gasteiger partial charge in [-0.25, -0.2) is 15.8 Å². The van der Waals surface area contributed by atoms with Gasteiger partial charge in [0, 0.05) is 10.6 Å². The molecule has 0 aliphatic heterocycles. The zero-order valence-electron chi connectivity index (χ0n) is 10.5. The van der Waals surface area contributed by atoms with Crippen molar-refractivity contribution >= 4 is 34.8 Å². The second kappa shape index (κ2) is 6.17. The van der Waals surface area contributed by atoms with Crippen molar-refractivity contribution in [2.45, 2.75) is 4.90 Å². The van der Waals surface area contributed by atoms with Crippen molar-refractivity contribution < 1.29 is 4.92 Å². The minimum Gasteiger partial charge on any atom is -0.334 e. The van der Waals surface area contributed by atoms with E-state index >= 15 is 0 Å². The minimum absolute atomic E-state index is 0.0477. The van der Waals surface area contributed by atoms with Crippen molar-refractivity contribution in [1.29, 1.82) is 0 Å². The highest BCUT2D eigenvalue weighted by atomic mass is 32.2. The maximum absolute atomic E-state index is 11.1. The molecular weight excluding hydrogens is 280 g/mol. The monoisotopic (exact) mass is 292 g/mol. The summed E-state index contributed by atoms with van der Waals surface area (Å²) in [6, 6.07) is 7.45. The second-order valence-electron chi connectivity index (χ2n) is 3.68. The summed E-state index contributed by atoms with van der Waals surface area (Å²) in [6.45, 7) is 0. The van der Waals surface area contributed by atoms with Gasteiger partial charge in [-0.1, -0.05) is 6.07 Å². The lowest BCUT2D eigenvalue weighted by atomic mass is 10.3. The number of rotatable bonds is 5. The Kier molecular flexibility index (Phi) is 4.33. The fraction of sp³-hybridized carbons (Fsp3) is 0.0909. The molecule has 0 aliphatic carbocycles. The number of anilines is 3. The predicted molar refractivity (Wildman–Crippen MR) is 78.0 cm³/mol. The Labute approximate surface area is 118 Å². The van der Waals surface area contributed by atoms with Gasteiger partial charge in [0.25, 0.3) is 0 Å². The third kappa shape index (κ3) is 2.95. The molecule has 0 saturated heterocycles. The average molecular weight is 292 g/mol. The van der Waals surface area contributed by atoms with Crippen molar-refractivity contribution in [3.05, 3.63) is 40.7 Å². The molecule has 0 unspecified atom stereocenters. The third-order valence-corrected chi connectivity index (χ3v) is 3.20. The quantitative estimate of drug-likeness (QED) is 0.332. The van der Waals surface area contributed by atoms with Crippen LogP contribution in [0.3, 0.4) is 0 Å². The number of hydrogen-bond acceptors (Lipinski definition) is 8. The molecule has 1 heterocycles. The van der Waals surface area contributed by atoms with E-state index in [4.69, 9.17) is 5.84 Å². The summed E-state index contributed by atoms with van der Waals surface area (Å²) in [5.41, 5.74) is 2.58. The Bertz CT molecular complexity index is 636. The summed E-state index contributed by atoms with van der Waals surface area (Å²) < 4.78 is 0. The van der Waals surface area contributed by atoms with Gasteiger partial charge in [0.15, 0.2) is 0 Å². The lowest BCUT2D eigenvalue weighted by molar-refractivity contribution is -0.383. The summed E-state index contributed by atoms with van der Waals surface area (Å²) in [4.78, 5) is 19.2. The number of nitrogens with one attached hydrogen (secondary N) is 2. The summed E-state index contributed by atoms with van der Waals surface area (Å²) in [7, 11) is 0. The SMILES string of the molecule is CSc1cccc(Nc2ncnc(NN)c2[N+](=O)[O-])c1. The Morgan fingerprint density at radius 2 is 2.10 bits per heavy atom. The highest BCUT2D eigenvalue weighted by Crippen LogP contribution is 2.31. The van der Waals surface area contributed by atoms with Gasteiger partial charge in [-0.15, -0.1) is 11.8 Å². The number of hydrazine groups is 1. The van der Waals surface area contributed by atoms with Crippen molar-refractivity contribution in [2.75, 3.05) is 17.0 Å². The Hall–Kier alpha value is -2.39. The first-order valence-electron chi connectivity index (χ1n) is 5.52. The Morgan fingerprint density at radius 3 is 2.75 bits per heavy atom. The lowest BCUT2D eigenvalue weighted by Crippen LogP contribution is -2.12. The second-order valence-corrected chi connectivity index (χ2v) is 4.56. The van der Waals surface area contributed by atoms with Crippen molar-refractivity contribution in [3.63, 3.8) is 0 Å². The topological polar surface area (TPSA) is 119 Å². The van der Waals surface area contributed by atoms with Gasteiger partial charge in [-0.2, -0.15) is 0 Å². The fourth-order valence-electron chi connectivity index (χ4n) is 1.59. The van der Waals surface area contributed by atoms with Crippen LogP contribution in [-0.4, -0.2) is 21.1 Å². The summed E-state index contributed by atoms with van der Waals surface area (Å²) in [5.74, 6) is 5.25. The molecule has 0 bridgehead atoms. The smallest absolute Gasteiger partial charge is 0.334 e. The summed E-state index contributed by atoms with van der Waals surface area (Å²) in [5, 5.41) is 14.0. The average Bonchev–Trinajstić information content (AvgIpc) is 2.46. The van der Waals surface area contributed by atoms with Crippen LogP contribution in [0.15, 0.2) is 35.5 Å². The summed E-state index contributed by atoms with van der Waals surface area (Å²) >= 11 is 1.57. The Morgan fingerprint density at radius 1 is 1.35 bits per heavy atom. The molecule has 0 fully saturated rings. The van der Waals surface area contributed by atoms with Gasteiger partial charge in [-0.05, 0) is 24.5 Å². The molecule has 0 radical (unpaired) electrons.